The molecule has 6 heteroatoms. The lowest BCUT2D eigenvalue weighted by molar-refractivity contribution is 0.303. The van der Waals surface area contributed by atoms with Crippen LogP contribution in [0.4, 0.5) is 4.39 Å². The molecule has 1 aromatic carbocycles. The van der Waals surface area contributed by atoms with Gasteiger partial charge in [-0.3, -0.25) is 0 Å². The number of rotatable bonds is 3. The van der Waals surface area contributed by atoms with Crippen LogP contribution in [0, 0.1) is 5.82 Å². The number of amidine groups is 1. The Kier molecular flexibility index (Phi) is 3.70. The number of ether oxygens (including phenoxy) is 1. The minimum Gasteiger partial charge on any atom is -0.482 e. The van der Waals surface area contributed by atoms with Crippen LogP contribution in [0.3, 0.4) is 0 Å². The van der Waals surface area contributed by atoms with Crippen molar-refractivity contribution in [2.45, 2.75) is 0 Å². The van der Waals surface area contributed by atoms with Crippen molar-refractivity contribution >= 4 is 21.8 Å². The Labute approximate surface area is 88.3 Å². The maximum absolute atomic E-state index is 13.1. The summed E-state index contributed by atoms with van der Waals surface area (Å²) in [6.45, 7) is -0.158. The third kappa shape index (κ3) is 2.88. The van der Waals surface area contributed by atoms with Gasteiger partial charge in [-0.2, -0.15) is 0 Å². The molecule has 1 aromatic rings. The Morgan fingerprint density at radius 3 is 2.93 bits per heavy atom. The maximum Gasteiger partial charge on any atom is 0.177 e. The molecule has 76 valence electrons. The smallest absolute Gasteiger partial charge is 0.177 e. The minimum atomic E-state index is -0.509. The quantitative estimate of drug-likeness (QED) is 0.377. The number of hydrogen-bond donors (Lipinski definition) is 2. The summed E-state index contributed by atoms with van der Waals surface area (Å²) in [6, 6.07) is 4.34. The average Bonchev–Trinajstić information content (AvgIpc) is 2.16. The second-order valence-corrected chi connectivity index (χ2v) is 3.37. The largest absolute Gasteiger partial charge is 0.482 e. The summed E-state index contributed by atoms with van der Waals surface area (Å²) < 4.78 is 18.7. The van der Waals surface area contributed by atoms with Crippen molar-refractivity contribution in [2.24, 2.45) is 10.9 Å². The van der Waals surface area contributed by atoms with Gasteiger partial charge in [0.1, 0.15) is 6.61 Å². The van der Waals surface area contributed by atoms with E-state index >= 15 is 0 Å². The fraction of sp³-hybridized carbons (Fsp3) is 0.125. The Morgan fingerprint density at radius 1 is 1.64 bits per heavy atom. The van der Waals surface area contributed by atoms with Crippen LogP contribution in [0.1, 0.15) is 0 Å². The molecular formula is C8H8BrFN2O2. The zero-order chi connectivity index (χ0) is 10.6. The summed E-state index contributed by atoms with van der Waals surface area (Å²) in [5.41, 5.74) is 5.14. The fourth-order valence-corrected chi connectivity index (χ4v) is 1.11. The first-order chi connectivity index (χ1) is 6.63. The van der Waals surface area contributed by atoms with Crippen LogP contribution in [0.25, 0.3) is 0 Å². The monoisotopic (exact) mass is 262 g/mol. The van der Waals surface area contributed by atoms with E-state index < -0.39 is 5.82 Å². The molecule has 1 rings (SSSR count). The molecule has 0 spiro atoms. The number of nitrogens with two attached hydrogens (primary N) is 1. The van der Waals surface area contributed by atoms with Crippen molar-refractivity contribution in [3.8, 4) is 5.75 Å². The normalized spacial score (nSPS) is 11.4. The predicted molar refractivity (Wildman–Crippen MR) is 53.0 cm³/mol. The number of halogens is 2. The van der Waals surface area contributed by atoms with E-state index in [0.717, 1.165) is 0 Å². The van der Waals surface area contributed by atoms with Crippen LogP contribution in [-0.4, -0.2) is 17.6 Å². The van der Waals surface area contributed by atoms with E-state index in [0.29, 0.717) is 4.47 Å². The zero-order valence-corrected chi connectivity index (χ0v) is 8.66. The van der Waals surface area contributed by atoms with Crippen molar-refractivity contribution in [3.63, 3.8) is 0 Å². The van der Waals surface area contributed by atoms with E-state index in [4.69, 9.17) is 15.7 Å². The van der Waals surface area contributed by atoms with E-state index in [1.807, 2.05) is 0 Å². The fourth-order valence-electron chi connectivity index (χ4n) is 0.773. The van der Waals surface area contributed by atoms with Crippen molar-refractivity contribution in [1.29, 1.82) is 0 Å². The van der Waals surface area contributed by atoms with E-state index in [9.17, 15) is 4.39 Å². The van der Waals surface area contributed by atoms with Crippen molar-refractivity contribution in [2.75, 3.05) is 6.61 Å². The van der Waals surface area contributed by atoms with Gasteiger partial charge in [0.25, 0.3) is 0 Å². The molecule has 0 aromatic heterocycles. The van der Waals surface area contributed by atoms with Gasteiger partial charge in [-0.25, -0.2) is 4.39 Å². The highest BCUT2D eigenvalue weighted by Crippen LogP contribution is 2.21. The van der Waals surface area contributed by atoms with E-state index in [1.54, 1.807) is 6.07 Å². The van der Waals surface area contributed by atoms with Crippen LogP contribution < -0.4 is 10.5 Å². The average molecular weight is 263 g/mol. The molecule has 0 bridgehead atoms. The van der Waals surface area contributed by atoms with Gasteiger partial charge >= 0.3 is 0 Å². The van der Waals surface area contributed by atoms with E-state index in [2.05, 4.69) is 21.1 Å². The topological polar surface area (TPSA) is 67.8 Å². The molecule has 0 radical (unpaired) electrons. The lowest BCUT2D eigenvalue weighted by atomic mass is 10.3. The number of benzene rings is 1. The second kappa shape index (κ2) is 4.80. The first-order valence-electron chi connectivity index (χ1n) is 3.67. The minimum absolute atomic E-state index is 0.0554. The highest BCUT2D eigenvalue weighted by molar-refractivity contribution is 9.10. The number of oxime groups is 1. The zero-order valence-electron chi connectivity index (χ0n) is 7.08. The number of nitrogens with zero attached hydrogens (tertiary/aromatic N) is 1. The molecule has 0 aliphatic heterocycles. The lowest BCUT2D eigenvalue weighted by Gasteiger charge is -2.05. The maximum atomic E-state index is 13.1. The van der Waals surface area contributed by atoms with Gasteiger partial charge in [-0.1, -0.05) is 21.1 Å². The molecule has 0 aliphatic carbocycles. The Bertz CT molecular complexity index is 357. The van der Waals surface area contributed by atoms with Crippen LogP contribution in [-0.2, 0) is 0 Å². The van der Waals surface area contributed by atoms with Crippen molar-refractivity contribution in [3.05, 3.63) is 28.5 Å². The van der Waals surface area contributed by atoms with Gasteiger partial charge in [0, 0.05) is 4.47 Å². The van der Waals surface area contributed by atoms with Gasteiger partial charge in [-0.05, 0) is 18.2 Å². The molecule has 0 heterocycles. The van der Waals surface area contributed by atoms with E-state index in [1.165, 1.54) is 12.1 Å². The number of hydrogen-bond acceptors (Lipinski definition) is 3. The highest BCUT2D eigenvalue weighted by Gasteiger charge is 2.04. The molecule has 0 aliphatic rings. The molecule has 0 fully saturated rings. The summed E-state index contributed by atoms with van der Waals surface area (Å²) in [6.07, 6.45) is 0. The summed E-state index contributed by atoms with van der Waals surface area (Å²) in [4.78, 5) is 0. The third-order valence-corrected chi connectivity index (χ3v) is 1.89. The molecular weight excluding hydrogens is 255 g/mol. The van der Waals surface area contributed by atoms with Crippen LogP contribution in [0.5, 0.6) is 5.75 Å². The van der Waals surface area contributed by atoms with Crippen LogP contribution in [0.15, 0.2) is 27.8 Å². The molecule has 0 unspecified atom stereocenters. The molecule has 4 nitrogen and oxygen atoms in total. The predicted octanol–water partition coefficient (Wildman–Crippen LogP) is 1.71. The Balaban J connectivity index is 2.68. The SMILES string of the molecule is N/C(COc1ccc(Br)cc1F)=N\O. The Hall–Kier alpha value is -1.30. The summed E-state index contributed by atoms with van der Waals surface area (Å²) in [5.74, 6) is -0.572. The van der Waals surface area contributed by atoms with Gasteiger partial charge in [0.15, 0.2) is 17.4 Å². The second-order valence-electron chi connectivity index (χ2n) is 2.45. The molecule has 14 heavy (non-hydrogen) atoms. The highest BCUT2D eigenvalue weighted by atomic mass is 79.9. The molecule has 0 saturated carbocycles. The van der Waals surface area contributed by atoms with E-state index in [-0.39, 0.29) is 18.2 Å². The van der Waals surface area contributed by atoms with Gasteiger partial charge in [0.05, 0.1) is 0 Å². The summed E-state index contributed by atoms with van der Waals surface area (Å²) >= 11 is 3.11. The Morgan fingerprint density at radius 2 is 2.36 bits per heavy atom. The standard InChI is InChI=1S/C8H8BrFN2O2/c9-5-1-2-7(6(10)3-5)14-4-8(11)12-13/h1-3,13H,4H2,(H2,11,12). The molecule has 0 saturated heterocycles. The first kappa shape index (κ1) is 10.8. The summed E-state index contributed by atoms with van der Waals surface area (Å²) in [7, 11) is 0. The molecule has 0 amide bonds. The lowest BCUT2D eigenvalue weighted by Crippen LogP contribution is -2.21. The third-order valence-electron chi connectivity index (χ3n) is 1.40. The summed E-state index contributed by atoms with van der Waals surface area (Å²) in [5, 5.41) is 10.9. The van der Waals surface area contributed by atoms with Crippen molar-refractivity contribution < 1.29 is 14.3 Å². The first-order valence-corrected chi connectivity index (χ1v) is 4.47. The van der Waals surface area contributed by atoms with Gasteiger partial charge in [-0.15, -0.1) is 0 Å². The molecule has 3 N–H and O–H groups in total. The van der Waals surface area contributed by atoms with Crippen LogP contribution in [0.2, 0.25) is 0 Å². The van der Waals surface area contributed by atoms with Crippen molar-refractivity contribution in [1.82, 2.24) is 0 Å². The van der Waals surface area contributed by atoms with Gasteiger partial charge < -0.3 is 15.7 Å². The molecule has 0 atom stereocenters. The van der Waals surface area contributed by atoms with Crippen LogP contribution >= 0.6 is 15.9 Å². The van der Waals surface area contributed by atoms with Gasteiger partial charge in [0.2, 0.25) is 0 Å².